The lowest BCUT2D eigenvalue weighted by atomic mass is 9.93. The van der Waals surface area contributed by atoms with Gasteiger partial charge >= 0.3 is 0 Å². The third kappa shape index (κ3) is 8.41. The normalized spacial score (nSPS) is 16.2. The van der Waals surface area contributed by atoms with Crippen LogP contribution in [0.15, 0.2) is 35.3 Å². The highest BCUT2D eigenvalue weighted by Gasteiger charge is 2.24. The molecule has 1 aromatic rings. The number of rotatable bonds is 9. The SMILES string of the molecule is CCN(CC)C(CNC(=NC)N1CCC(CC(=O)NC)CC1)Cc1ccccc1.I. The zero-order chi connectivity index (χ0) is 21.1. The fourth-order valence-corrected chi connectivity index (χ4v) is 4.21. The first-order valence-corrected chi connectivity index (χ1v) is 11.0. The van der Waals surface area contributed by atoms with E-state index in [9.17, 15) is 4.79 Å². The Balaban J connectivity index is 0.00000450. The minimum absolute atomic E-state index is 0. The summed E-state index contributed by atoms with van der Waals surface area (Å²) < 4.78 is 0. The molecule has 1 atom stereocenters. The Kier molecular flexibility index (Phi) is 13.0. The molecule has 0 aromatic heterocycles. The van der Waals surface area contributed by atoms with Crippen molar-refractivity contribution in [1.82, 2.24) is 20.4 Å². The van der Waals surface area contributed by atoms with Gasteiger partial charge in [-0.1, -0.05) is 44.2 Å². The van der Waals surface area contributed by atoms with Crippen molar-refractivity contribution in [1.29, 1.82) is 0 Å². The van der Waals surface area contributed by atoms with Gasteiger partial charge in [0.15, 0.2) is 5.96 Å². The molecule has 0 spiro atoms. The summed E-state index contributed by atoms with van der Waals surface area (Å²) in [5.41, 5.74) is 1.37. The molecule has 1 unspecified atom stereocenters. The summed E-state index contributed by atoms with van der Waals surface area (Å²) in [6.07, 6.45) is 3.74. The number of amides is 1. The van der Waals surface area contributed by atoms with Gasteiger partial charge in [0.05, 0.1) is 0 Å². The number of aliphatic imine (C=N–C) groups is 1. The highest BCUT2D eigenvalue weighted by atomic mass is 127. The monoisotopic (exact) mass is 529 g/mol. The number of hydrogen-bond donors (Lipinski definition) is 2. The topological polar surface area (TPSA) is 60.0 Å². The van der Waals surface area contributed by atoms with Crippen LogP contribution in [0.25, 0.3) is 0 Å². The number of carbonyl (C=O) groups excluding carboxylic acids is 1. The van der Waals surface area contributed by atoms with Crippen molar-refractivity contribution in [2.24, 2.45) is 10.9 Å². The molecule has 2 rings (SSSR count). The molecular formula is C23H40IN5O. The quantitative estimate of drug-likeness (QED) is 0.294. The van der Waals surface area contributed by atoms with E-state index in [1.54, 1.807) is 7.05 Å². The molecule has 6 nitrogen and oxygen atoms in total. The molecule has 0 saturated carbocycles. The summed E-state index contributed by atoms with van der Waals surface area (Å²) in [7, 11) is 3.58. The second kappa shape index (κ2) is 14.6. The smallest absolute Gasteiger partial charge is 0.220 e. The van der Waals surface area contributed by atoms with Gasteiger partial charge in [-0.25, -0.2) is 0 Å². The number of benzene rings is 1. The van der Waals surface area contributed by atoms with Gasteiger partial charge < -0.3 is 15.5 Å². The Morgan fingerprint density at radius 3 is 2.37 bits per heavy atom. The van der Waals surface area contributed by atoms with Crippen molar-refractivity contribution in [3.05, 3.63) is 35.9 Å². The molecule has 170 valence electrons. The first-order valence-electron chi connectivity index (χ1n) is 11.0. The number of piperidine rings is 1. The molecule has 1 aliphatic rings. The highest BCUT2D eigenvalue weighted by Crippen LogP contribution is 2.20. The lowest BCUT2D eigenvalue weighted by Gasteiger charge is -2.36. The molecule has 0 aliphatic carbocycles. The van der Waals surface area contributed by atoms with E-state index in [1.807, 2.05) is 7.05 Å². The fourth-order valence-electron chi connectivity index (χ4n) is 4.21. The molecule has 7 heteroatoms. The maximum atomic E-state index is 11.6. The number of nitrogens with zero attached hydrogens (tertiary/aromatic N) is 3. The van der Waals surface area contributed by atoms with Crippen LogP contribution in [0.1, 0.15) is 38.7 Å². The Labute approximate surface area is 199 Å². The first kappa shape index (κ1) is 26.7. The van der Waals surface area contributed by atoms with Crippen LogP contribution in [0.5, 0.6) is 0 Å². The second-order valence-corrected chi connectivity index (χ2v) is 7.80. The summed E-state index contributed by atoms with van der Waals surface area (Å²) in [6.45, 7) is 9.33. The number of guanidine groups is 1. The van der Waals surface area contributed by atoms with Crippen LogP contribution in [0.2, 0.25) is 0 Å². The van der Waals surface area contributed by atoms with Crippen LogP contribution < -0.4 is 10.6 Å². The van der Waals surface area contributed by atoms with Crippen molar-refractivity contribution in [2.75, 3.05) is 46.8 Å². The van der Waals surface area contributed by atoms with Gasteiger partial charge in [-0.2, -0.15) is 0 Å². The van der Waals surface area contributed by atoms with E-state index in [0.29, 0.717) is 18.4 Å². The molecule has 1 aromatic carbocycles. The number of hydrogen-bond acceptors (Lipinski definition) is 3. The van der Waals surface area contributed by atoms with E-state index in [4.69, 9.17) is 0 Å². The van der Waals surface area contributed by atoms with Crippen LogP contribution in [0.4, 0.5) is 0 Å². The summed E-state index contributed by atoms with van der Waals surface area (Å²) >= 11 is 0. The van der Waals surface area contributed by atoms with Crippen LogP contribution in [0, 0.1) is 5.92 Å². The Morgan fingerprint density at radius 1 is 1.20 bits per heavy atom. The van der Waals surface area contributed by atoms with E-state index in [0.717, 1.165) is 57.9 Å². The molecule has 1 amide bonds. The summed E-state index contributed by atoms with van der Waals surface area (Å²) in [5, 5.41) is 6.37. The first-order chi connectivity index (χ1) is 14.1. The molecule has 2 N–H and O–H groups in total. The van der Waals surface area contributed by atoms with Gasteiger partial charge in [-0.3, -0.25) is 14.7 Å². The average Bonchev–Trinajstić information content (AvgIpc) is 2.76. The molecule has 1 heterocycles. The standard InChI is InChI=1S/C23H39N5O.HI/c1-5-27(6-2)21(16-19-10-8-7-9-11-19)18-26-23(25-4)28-14-12-20(13-15-28)17-22(29)24-3;/h7-11,20-21H,5-6,12-18H2,1-4H3,(H,24,29)(H,25,26);1H. The van der Waals surface area contributed by atoms with Gasteiger partial charge in [0.2, 0.25) is 5.91 Å². The summed E-state index contributed by atoms with van der Waals surface area (Å²) in [5.74, 6) is 1.60. The third-order valence-corrected chi connectivity index (χ3v) is 6.02. The lowest BCUT2D eigenvalue weighted by molar-refractivity contribution is -0.121. The van der Waals surface area contributed by atoms with E-state index in [-0.39, 0.29) is 29.9 Å². The molecule has 1 fully saturated rings. The number of likely N-dealkylation sites (N-methyl/N-ethyl adjacent to an activating group) is 1. The van der Waals surface area contributed by atoms with Crippen molar-refractivity contribution < 1.29 is 4.79 Å². The van der Waals surface area contributed by atoms with Gasteiger partial charge in [-0.15, -0.1) is 24.0 Å². The summed E-state index contributed by atoms with van der Waals surface area (Å²) in [4.78, 5) is 21.0. The van der Waals surface area contributed by atoms with E-state index < -0.39 is 0 Å². The van der Waals surface area contributed by atoms with Gasteiger partial charge in [0.1, 0.15) is 0 Å². The van der Waals surface area contributed by atoms with Gasteiger partial charge in [-0.05, 0) is 43.8 Å². The Hall–Kier alpha value is -1.35. The van der Waals surface area contributed by atoms with E-state index in [2.05, 4.69) is 69.6 Å². The van der Waals surface area contributed by atoms with Crippen LogP contribution in [-0.4, -0.2) is 74.5 Å². The Morgan fingerprint density at radius 2 is 1.83 bits per heavy atom. The molecule has 0 radical (unpaired) electrons. The molecule has 0 bridgehead atoms. The number of carbonyl (C=O) groups is 1. The zero-order valence-corrected chi connectivity index (χ0v) is 21.4. The van der Waals surface area contributed by atoms with E-state index in [1.165, 1.54) is 5.56 Å². The minimum Gasteiger partial charge on any atom is -0.359 e. The van der Waals surface area contributed by atoms with Crippen LogP contribution in [0.3, 0.4) is 0 Å². The van der Waals surface area contributed by atoms with Gasteiger partial charge in [0.25, 0.3) is 0 Å². The van der Waals surface area contributed by atoms with Gasteiger partial charge in [0, 0.05) is 46.2 Å². The predicted molar refractivity (Wildman–Crippen MR) is 137 cm³/mol. The zero-order valence-electron chi connectivity index (χ0n) is 19.1. The van der Waals surface area contributed by atoms with Crippen LogP contribution >= 0.6 is 24.0 Å². The molecule has 1 aliphatic heterocycles. The Bertz CT molecular complexity index is 628. The van der Waals surface area contributed by atoms with Crippen molar-refractivity contribution in [3.63, 3.8) is 0 Å². The predicted octanol–water partition coefficient (Wildman–Crippen LogP) is 2.98. The molecule has 30 heavy (non-hydrogen) atoms. The summed E-state index contributed by atoms with van der Waals surface area (Å²) in [6, 6.07) is 11.2. The van der Waals surface area contributed by atoms with Crippen molar-refractivity contribution >= 4 is 35.8 Å². The van der Waals surface area contributed by atoms with Crippen LogP contribution in [-0.2, 0) is 11.2 Å². The van der Waals surface area contributed by atoms with E-state index >= 15 is 0 Å². The average molecular weight is 530 g/mol. The highest BCUT2D eigenvalue weighted by molar-refractivity contribution is 14.0. The maximum Gasteiger partial charge on any atom is 0.220 e. The molecular weight excluding hydrogens is 489 g/mol. The lowest BCUT2D eigenvalue weighted by Crippen LogP contribution is -2.51. The maximum absolute atomic E-state index is 11.6. The third-order valence-electron chi connectivity index (χ3n) is 6.02. The minimum atomic E-state index is 0. The van der Waals surface area contributed by atoms with Crippen molar-refractivity contribution in [2.45, 2.75) is 45.6 Å². The largest absolute Gasteiger partial charge is 0.359 e. The number of nitrogens with one attached hydrogen (secondary N) is 2. The second-order valence-electron chi connectivity index (χ2n) is 7.80. The molecule has 1 saturated heterocycles. The van der Waals surface area contributed by atoms with Crippen molar-refractivity contribution in [3.8, 4) is 0 Å². The number of likely N-dealkylation sites (tertiary alicyclic amines) is 1. The fraction of sp³-hybridized carbons (Fsp3) is 0.652. The number of halogens is 1.